The summed E-state index contributed by atoms with van der Waals surface area (Å²) in [4.78, 5) is 10.9. The molecule has 0 aliphatic rings. The van der Waals surface area contributed by atoms with Crippen molar-refractivity contribution in [3.05, 3.63) is 48.7 Å². The largest absolute Gasteiger partial charge is 0.481 e. The first-order valence-corrected chi connectivity index (χ1v) is 7.12. The molecule has 0 amide bonds. The molecule has 1 aromatic carbocycles. The molecule has 0 aliphatic carbocycles. The van der Waals surface area contributed by atoms with Crippen LogP contribution < -0.4 is 0 Å². The first kappa shape index (κ1) is 14.4. The van der Waals surface area contributed by atoms with Gasteiger partial charge < -0.3 is 9.67 Å². The zero-order chi connectivity index (χ0) is 14.4. The third-order valence-electron chi connectivity index (χ3n) is 3.52. The first-order valence-electron chi connectivity index (χ1n) is 7.12. The van der Waals surface area contributed by atoms with Crippen LogP contribution in [0.1, 0.15) is 31.2 Å². The first-order chi connectivity index (χ1) is 9.72. The average Bonchev–Trinajstić information content (AvgIpc) is 2.77. The van der Waals surface area contributed by atoms with Crippen LogP contribution in [0, 0.1) is 0 Å². The van der Waals surface area contributed by atoms with E-state index < -0.39 is 5.97 Å². The number of allylic oxidation sites excluding steroid dienone is 1. The molecule has 0 saturated carbocycles. The fourth-order valence-corrected chi connectivity index (χ4v) is 2.56. The molecule has 1 heterocycles. The number of rotatable bonds is 8. The number of carboxylic acids is 1. The summed E-state index contributed by atoms with van der Waals surface area (Å²) in [6, 6.07) is 8.02. The van der Waals surface area contributed by atoms with Crippen LogP contribution in [-0.4, -0.2) is 15.6 Å². The molecule has 0 unspecified atom stereocenters. The number of para-hydroxylation sites is 1. The predicted molar refractivity (Wildman–Crippen MR) is 81.9 cm³/mol. The van der Waals surface area contributed by atoms with Crippen LogP contribution in [0.15, 0.2) is 43.1 Å². The smallest absolute Gasteiger partial charge is 0.307 e. The molecule has 3 nitrogen and oxygen atoms in total. The molecule has 0 bridgehead atoms. The van der Waals surface area contributed by atoms with Crippen molar-refractivity contribution < 1.29 is 9.90 Å². The van der Waals surface area contributed by atoms with Gasteiger partial charge in [0, 0.05) is 23.6 Å². The van der Waals surface area contributed by atoms with Crippen molar-refractivity contribution in [3.63, 3.8) is 0 Å². The Bertz CT molecular complexity index is 598. The number of fused-ring (bicyclic) bond motifs is 1. The van der Waals surface area contributed by atoms with Gasteiger partial charge in [-0.25, -0.2) is 0 Å². The molecule has 1 N–H and O–H groups in total. The molecule has 0 spiro atoms. The van der Waals surface area contributed by atoms with Crippen LogP contribution in [0.2, 0.25) is 0 Å². The lowest BCUT2D eigenvalue weighted by Crippen LogP contribution is -1.99. The maximum Gasteiger partial charge on any atom is 0.307 e. The highest BCUT2D eigenvalue weighted by Crippen LogP contribution is 2.22. The van der Waals surface area contributed by atoms with Crippen LogP contribution in [-0.2, 0) is 17.8 Å². The van der Waals surface area contributed by atoms with Gasteiger partial charge in [0.2, 0.25) is 0 Å². The normalized spacial score (nSPS) is 10.8. The summed E-state index contributed by atoms with van der Waals surface area (Å²) in [5.41, 5.74) is 2.03. The van der Waals surface area contributed by atoms with Crippen LogP contribution in [0.4, 0.5) is 0 Å². The summed E-state index contributed by atoms with van der Waals surface area (Å²) in [6.45, 7) is 4.67. The molecule has 0 atom stereocenters. The SMILES string of the molecule is C=CCCCCCn1cc(CC(=O)O)c2ccccc21. The van der Waals surface area contributed by atoms with Gasteiger partial charge in [0.15, 0.2) is 0 Å². The fourth-order valence-electron chi connectivity index (χ4n) is 2.56. The summed E-state index contributed by atoms with van der Waals surface area (Å²) < 4.78 is 2.18. The minimum Gasteiger partial charge on any atom is -0.481 e. The van der Waals surface area contributed by atoms with Gasteiger partial charge in [-0.05, 0) is 30.9 Å². The number of benzene rings is 1. The Morgan fingerprint density at radius 2 is 2.05 bits per heavy atom. The summed E-state index contributed by atoms with van der Waals surface area (Å²) >= 11 is 0. The number of unbranched alkanes of at least 4 members (excludes halogenated alkanes) is 3. The molecule has 106 valence electrons. The highest BCUT2D eigenvalue weighted by atomic mass is 16.4. The number of hydrogen-bond donors (Lipinski definition) is 1. The van der Waals surface area contributed by atoms with E-state index in [4.69, 9.17) is 5.11 Å². The Hall–Kier alpha value is -2.03. The fraction of sp³-hybridized carbons (Fsp3) is 0.353. The van der Waals surface area contributed by atoms with Gasteiger partial charge in [0.1, 0.15) is 0 Å². The van der Waals surface area contributed by atoms with Crippen molar-refractivity contribution in [3.8, 4) is 0 Å². The molecular formula is C17H21NO2. The molecule has 1 aromatic heterocycles. The highest BCUT2D eigenvalue weighted by Gasteiger charge is 2.10. The summed E-state index contributed by atoms with van der Waals surface area (Å²) in [7, 11) is 0. The highest BCUT2D eigenvalue weighted by molar-refractivity contribution is 5.87. The van der Waals surface area contributed by atoms with E-state index in [1.54, 1.807) is 0 Å². The molecule has 0 aliphatic heterocycles. The number of aliphatic carboxylic acids is 1. The van der Waals surface area contributed by atoms with E-state index in [9.17, 15) is 4.79 Å². The van der Waals surface area contributed by atoms with Crippen molar-refractivity contribution >= 4 is 16.9 Å². The lowest BCUT2D eigenvalue weighted by Gasteiger charge is -2.04. The lowest BCUT2D eigenvalue weighted by molar-refractivity contribution is -0.136. The number of aryl methyl sites for hydroxylation is 1. The van der Waals surface area contributed by atoms with Crippen molar-refractivity contribution in [1.82, 2.24) is 4.57 Å². The van der Waals surface area contributed by atoms with E-state index in [-0.39, 0.29) is 6.42 Å². The van der Waals surface area contributed by atoms with Crippen molar-refractivity contribution in [2.75, 3.05) is 0 Å². The third kappa shape index (κ3) is 3.50. The standard InChI is InChI=1S/C17H21NO2/c1-2-3-4-5-8-11-18-13-14(12-17(19)20)15-9-6-7-10-16(15)18/h2,6-7,9-10,13H,1,3-5,8,11-12H2,(H,19,20). The van der Waals surface area contributed by atoms with Crippen molar-refractivity contribution in [2.45, 2.75) is 38.6 Å². The van der Waals surface area contributed by atoms with E-state index in [0.29, 0.717) is 0 Å². The average molecular weight is 271 g/mol. The maximum atomic E-state index is 10.9. The van der Waals surface area contributed by atoms with Gasteiger partial charge in [0.25, 0.3) is 0 Å². The number of hydrogen-bond acceptors (Lipinski definition) is 1. The van der Waals surface area contributed by atoms with Gasteiger partial charge in [-0.3, -0.25) is 4.79 Å². The molecule has 0 fully saturated rings. The Morgan fingerprint density at radius 3 is 2.80 bits per heavy atom. The molecule has 3 heteroatoms. The van der Waals surface area contributed by atoms with Crippen LogP contribution in [0.25, 0.3) is 10.9 Å². The molecular weight excluding hydrogens is 250 g/mol. The minimum atomic E-state index is -0.779. The zero-order valence-electron chi connectivity index (χ0n) is 11.7. The van der Waals surface area contributed by atoms with E-state index in [1.165, 1.54) is 12.8 Å². The topological polar surface area (TPSA) is 42.2 Å². The number of nitrogens with zero attached hydrogens (tertiary/aromatic N) is 1. The van der Waals surface area contributed by atoms with Crippen LogP contribution >= 0.6 is 0 Å². The number of carboxylic acid groups (broad SMARTS) is 1. The van der Waals surface area contributed by atoms with Crippen molar-refractivity contribution in [2.24, 2.45) is 0 Å². The number of carbonyl (C=O) groups is 1. The second kappa shape index (κ2) is 6.94. The predicted octanol–water partition coefficient (Wildman–Crippen LogP) is 4.01. The van der Waals surface area contributed by atoms with Crippen LogP contribution in [0.3, 0.4) is 0 Å². The minimum absolute atomic E-state index is 0.0873. The Labute approximate surface area is 119 Å². The Balaban J connectivity index is 2.12. The lowest BCUT2D eigenvalue weighted by atomic mass is 10.1. The Morgan fingerprint density at radius 1 is 1.25 bits per heavy atom. The zero-order valence-corrected chi connectivity index (χ0v) is 11.7. The Kier molecular flexibility index (Phi) is 4.99. The van der Waals surface area contributed by atoms with E-state index in [1.807, 2.05) is 30.5 Å². The van der Waals surface area contributed by atoms with Gasteiger partial charge in [0.05, 0.1) is 6.42 Å². The van der Waals surface area contributed by atoms with E-state index in [0.717, 1.165) is 35.9 Å². The maximum absolute atomic E-state index is 10.9. The van der Waals surface area contributed by atoms with E-state index in [2.05, 4.69) is 17.2 Å². The van der Waals surface area contributed by atoms with Crippen molar-refractivity contribution in [1.29, 1.82) is 0 Å². The van der Waals surface area contributed by atoms with Gasteiger partial charge in [-0.15, -0.1) is 6.58 Å². The molecule has 2 aromatic rings. The third-order valence-corrected chi connectivity index (χ3v) is 3.52. The summed E-state index contributed by atoms with van der Waals surface area (Å²) in [5, 5.41) is 10.0. The van der Waals surface area contributed by atoms with Gasteiger partial charge in [-0.1, -0.05) is 30.7 Å². The molecule has 2 rings (SSSR count). The van der Waals surface area contributed by atoms with Gasteiger partial charge >= 0.3 is 5.97 Å². The van der Waals surface area contributed by atoms with Crippen LogP contribution in [0.5, 0.6) is 0 Å². The van der Waals surface area contributed by atoms with E-state index >= 15 is 0 Å². The summed E-state index contributed by atoms with van der Waals surface area (Å²) in [5.74, 6) is -0.779. The summed E-state index contributed by atoms with van der Waals surface area (Å²) in [6.07, 6.45) is 8.56. The number of aromatic nitrogens is 1. The second-order valence-electron chi connectivity index (χ2n) is 5.07. The molecule has 20 heavy (non-hydrogen) atoms. The monoisotopic (exact) mass is 271 g/mol. The second-order valence-corrected chi connectivity index (χ2v) is 5.07. The molecule has 0 saturated heterocycles. The van der Waals surface area contributed by atoms with Gasteiger partial charge in [-0.2, -0.15) is 0 Å². The molecule has 0 radical (unpaired) electrons. The quantitative estimate of drug-likeness (QED) is 0.582.